The van der Waals surface area contributed by atoms with Gasteiger partial charge in [-0.3, -0.25) is 14.8 Å². The number of rotatable bonds is 3. The molecule has 1 aliphatic heterocycles. The van der Waals surface area contributed by atoms with Crippen molar-refractivity contribution in [3.05, 3.63) is 41.6 Å². The van der Waals surface area contributed by atoms with Crippen LogP contribution in [0.2, 0.25) is 0 Å². The number of hydrogen-bond donors (Lipinski definition) is 0. The van der Waals surface area contributed by atoms with E-state index in [1.54, 1.807) is 30.2 Å². The lowest BCUT2D eigenvalue weighted by Crippen LogP contribution is -2.49. The summed E-state index contributed by atoms with van der Waals surface area (Å²) in [5.41, 5.74) is 2.07. The van der Waals surface area contributed by atoms with Crippen molar-refractivity contribution in [3.8, 4) is 0 Å². The number of para-hydroxylation sites is 1. The van der Waals surface area contributed by atoms with E-state index in [1.165, 1.54) is 0 Å². The Kier molecular flexibility index (Phi) is 4.31. The van der Waals surface area contributed by atoms with Crippen molar-refractivity contribution in [3.63, 3.8) is 0 Å². The molecule has 0 unspecified atom stereocenters. The number of carbonyl (C=O) groups excluding carboxylic acids is 1. The third-order valence-electron chi connectivity index (χ3n) is 4.27. The molecule has 1 atom stereocenters. The highest BCUT2D eigenvalue weighted by molar-refractivity contribution is 7.91. The van der Waals surface area contributed by atoms with Crippen LogP contribution in [0.15, 0.2) is 30.3 Å². The van der Waals surface area contributed by atoms with Crippen LogP contribution in [0.1, 0.15) is 22.5 Å². The average molecular weight is 347 g/mol. The molecule has 0 saturated carbocycles. The second-order valence-electron chi connectivity index (χ2n) is 6.38. The molecule has 2 aromatic rings. The van der Waals surface area contributed by atoms with Gasteiger partial charge in [-0.15, -0.1) is 0 Å². The maximum absolute atomic E-state index is 13.2. The number of amides is 1. The SMILES string of the molecule is Cc1cc(C(=O)N([C@H]2CCS(=O)(=O)C2)N(C)C)c2ccccc2n1. The molecule has 1 aromatic heterocycles. The standard InChI is InChI=1S/C17H21N3O3S/c1-12-10-15(14-6-4-5-7-16(14)18-12)17(21)20(19(2)3)13-8-9-24(22,23)11-13/h4-7,10,13H,8-9,11H2,1-3H3/t13-/m0/s1. The highest BCUT2D eigenvalue weighted by Gasteiger charge is 2.36. The molecule has 2 heterocycles. The van der Waals surface area contributed by atoms with Crippen LogP contribution < -0.4 is 0 Å². The smallest absolute Gasteiger partial charge is 0.268 e. The van der Waals surface area contributed by atoms with Crippen molar-refractivity contribution in [2.75, 3.05) is 25.6 Å². The quantitative estimate of drug-likeness (QED) is 0.790. The van der Waals surface area contributed by atoms with Crippen LogP contribution in [-0.2, 0) is 9.84 Å². The Labute approximate surface area is 142 Å². The molecule has 1 aliphatic rings. The summed E-state index contributed by atoms with van der Waals surface area (Å²) in [5, 5.41) is 4.02. The van der Waals surface area contributed by atoms with Crippen molar-refractivity contribution in [1.29, 1.82) is 0 Å². The highest BCUT2D eigenvalue weighted by Crippen LogP contribution is 2.24. The number of carbonyl (C=O) groups is 1. The Bertz CT molecular complexity index is 893. The van der Waals surface area contributed by atoms with Crippen molar-refractivity contribution in [2.45, 2.75) is 19.4 Å². The maximum Gasteiger partial charge on any atom is 0.269 e. The Balaban J connectivity index is 2.06. The van der Waals surface area contributed by atoms with E-state index in [0.29, 0.717) is 12.0 Å². The Hall–Kier alpha value is -1.99. The van der Waals surface area contributed by atoms with Crippen LogP contribution in [0, 0.1) is 6.92 Å². The maximum atomic E-state index is 13.2. The lowest BCUT2D eigenvalue weighted by molar-refractivity contribution is 0.00118. The van der Waals surface area contributed by atoms with Gasteiger partial charge in [-0.05, 0) is 25.5 Å². The van der Waals surface area contributed by atoms with Crippen LogP contribution in [0.4, 0.5) is 0 Å². The van der Waals surface area contributed by atoms with Gasteiger partial charge in [0.25, 0.3) is 5.91 Å². The van der Waals surface area contributed by atoms with Gasteiger partial charge in [0.15, 0.2) is 9.84 Å². The third kappa shape index (κ3) is 3.14. The van der Waals surface area contributed by atoms with Gasteiger partial charge in [0.1, 0.15) is 0 Å². The summed E-state index contributed by atoms with van der Waals surface area (Å²) in [6.45, 7) is 1.85. The number of nitrogens with zero attached hydrogens (tertiary/aromatic N) is 3. The second kappa shape index (κ2) is 6.14. The van der Waals surface area contributed by atoms with Crippen LogP contribution in [0.5, 0.6) is 0 Å². The zero-order chi connectivity index (χ0) is 17.5. The van der Waals surface area contributed by atoms with E-state index in [-0.39, 0.29) is 23.5 Å². The topological polar surface area (TPSA) is 70.6 Å². The first-order chi connectivity index (χ1) is 11.3. The molecule has 0 radical (unpaired) electrons. The molecular weight excluding hydrogens is 326 g/mol. The fourth-order valence-electron chi connectivity index (χ4n) is 3.25. The van der Waals surface area contributed by atoms with Crippen LogP contribution in [0.3, 0.4) is 0 Å². The predicted molar refractivity (Wildman–Crippen MR) is 93.4 cm³/mol. The number of aromatic nitrogens is 1. The number of sulfone groups is 1. The molecule has 0 bridgehead atoms. The number of fused-ring (bicyclic) bond motifs is 1. The summed E-state index contributed by atoms with van der Waals surface area (Å²) < 4.78 is 23.7. The third-order valence-corrected chi connectivity index (χ3v) is 6.02. The van der Waals surface area contributed by atoms with E-state index in [0.717, 1.165) is 16.6 Å². The normalized spacial score (nSPS) is 19.8. The number of hydrogen-bond acceptors (Lipinski definition) is 5. The molecule has 1 aromatic carbocycles. The molecule has 7 heteroatoms. The number of aryl methyl sites for hydroxylation is 1. The van der Waals surface area contributed by atoms with Gasteiger partial charge in [-0.25, -0.2) is 13.4 Å². The first-order valence-corrected chi connectivity index (χ1v) is 9.68. The van der Waals surface area contributed by atoms with Crippen molar-refractivity contribution in [1.82, 2.24) is 15.0 Å². The van der Waals surface area contributed by atoms with Crippen molar-refractivity contribution >= 4 is 26.6 Å². The lowest BCUT2D eigenvalue weighted by Gasteiger charge is -2.34. The molecule has 0 aliphatic carbocycles. The molecule has 1 saturated heterocycles. The second-order valence-corrected chi connectivity index (χ2v) is 8.61. The summed E-state index contributed by atoms with van der Waals surface area (Å²) in [6, 6.07) is 8.94. The molecular formula is C17H21N3O3S. The van der Waals surface area contributed by atoms with E-state index >= 15 is 0 Å². The van der Waals surface area contributed by atoms with Gasteiger partial charge < -0.3 is 0 Å². The Morgan fingerprint density at radius 3 is 2.58 bits per heavy atom. The minimum atomic E-state index is -3.07. The van der Waals surface area contributed by atoms with E-state index in [2.05, 4.69) is 4.98 Å². The fraction of sp³-hybridized carbons (Fsp3) is 0.412. The zero-order valence-electron chi connectivity index (χ0n) is 14.1. The van der Waals surface area contributed by atoms with E-state index < -0.39 is 9.84 Å². The number of hydrazine groups is 1. The monoisotopic (exact) mass is 347 g/mol. The number of pyridine rings is 1. The molecule has 24 heavy (non-hydrogen) atoms. The summed E-state index contributed by atoms with van der Waals surface area (Å²) in [6.07, 6.45) is 0.467. The molecule has 0 spiro atoms. The highest BCUT2D eigenvalue weighted by atomic mass is 32.2. The Morgan fingerprint density at radius 2 is 1.96 bits per heavy atom. The van der Waals surface area contributed by atoms with Gasteiger partial charge in [-0.1, -0.05) is 18.2 Å². The van der Waals surface area contributed by atoms with Crippen LogP contribution in [0.25, 0.3) is 10.9 Å². The summed E-state index contributed by atoms with van der Waals surface area (Å²) >= 11 is 0. The van der Waals surface area contributed by atoms with Crippen LogP contribution >= 0.6 is 0 Å². The van der Waals surface area contributed by atoms with E-state index in [1.807, 2.05) is 31.2 Å². The minimum absolute atomic E-state index is 0.0128. The Morgan fingerprint density at radius 1 is 1.25 bits per heavy atom. The average Bonchev–Trinajstić information content (AvgIpc) is 2.85. The summed E-state index contributed by atoms with van der Waals surface area (Å²) in [5.74, 6) is -0.0477. The van der Waals surface area contributed by atoms with Gasteiger partial charge in [-0.2, -0.15) is 0 Å². The first kappa shape index (κ1) is 16.9. The molecule has 1 fully saturated rings. The lowest BCUT2D eigenvalue weighted by atomic mass is 10.1. The summed E-state index contributed by atoms with van der Waals surface area (Å²) in [4.78, 5) is 17.7. The van der Waals surface area contributed by atoms with Crippen molar-refractivity contribution in [2.24, 2.45) is 0 Å². The minimum Gasteiger partial charge on any atom is -0.268 e. The van der Waals surface area contributed by atoms with E-state index in [4.69, 9.17) is 0 Å². The van der Waals surface area contributed by atoms with Crippen LogP contribution in [-0.4, -0.2) is 61.0 Å². The van der Waals surface area contributed by atoms with Gasteiger partial charge in [0.05, 0.1) is 28.6 Å². The first-order valence-electron chi connectivity index (χ1n) is 7.86. The fourth-order valence-corrected chi connectivity index (χ4v) is 4.94. The molecule has 1 amide bonds. The zero-order valence-corrected chi connectivity index (χ0v) is 14.9. The van der Waals surface area contributed by atoms with Gasteiger partial charge >= 0.3 is 0 Å². The van der Waals surface area contributed by atoms with Gasteiger partial charge in [0, 0.05) is 25.2 Å². The molecule has 128 valence electrons. The molecule has 6 nitrogen and oxygen atoms in total. The van der Waals surface area contributed by atoms with Gasteiger partial charge in [0.2, 0.25) is 0 Å². The largest absolute Gasteiger partial charge is 0.269 e. The van der Waals surface area contributed by atoms with Crippen molar-refractivity contribution < 1.29 is 13.2 Å². The van der Waals surface area contributed by atoms with E-state index in [9.17, 15) is 13.2 Å². The summed E-state index contributed by atoms with van der Waals surface area (Å²) in [7, 11) is 0.453. The predicted octanol–water partition coefficient (Wildman–Crippen LogP) is 1.65. The molecule has 0 N–H and O–H groups in total. The number of benzene rings is 1. The molecule has 3 rings (SSSR count).